The van der Waals surface area contributed by atoms with Gasteiger partial charge in [0.25, 0.3) is 5.78 Å². The Bertz CT molecular complexity index is 947. The molecular formula is C20H17F3N2O4. The first kappa shape index (κ1) is 19.3. The van der Waals surface area contributed by atoms with Crippen molar-refractivity contribution < 1.29 is 32.2 Å². The second-order valence-corrected chi connectivity index (χ2v) is 6.80. The largest absolute Gasteiger partial charge is 0.486 e. The molecule has 152 valence electrons. The molecule has 0 unspecified atom stereocenters. The molecule has 2 aromatic rings. The van der Waals surface area contributed by atoms with Crippen LogP contribution in [0.2, 0.25) is 0 Å². The van der Waals surface area contributed by atoms with Crippen LogP contribution >= 0.6 is 0 Å². The number of Topliss-reactive ketones (excluding diaryl/α,β-unsaturated/α-hetero) is 1. The number of anilines is 1. The molecular weight excluding hydrogens is 389 g/mol. The summed E-state index contributed by atoms with van der Waals surface area (Å²) in [7, 11) is 0. The van der Waals surface area contributed by atoms with Gasteiger partial charge in [-0.1, -0.05) is 30.3 Å². The van der Waals surface area contributed by atoms with E-state index in [0.29, 0.717) is 30.3 Å². The molecule has 0 radical (unpaired) electrons. The minimum atomic E-state index is -4.46. The summed E-state index contributed by atoms with van der Waals surface area (Å²) in [5.41, 5.74) is 0.993. The van der Waals surface area contributed by atoms with E-state index in [9.17, 15) is 22.8 Å². The molecule has 0 spiro atoms. The number of rotatable bonds is 5. The molecule has 0 saturated carbocycles. The van der Waals surface area contributed by atoms with Gasteiger partial charge in [-0.3, -0.25) is 19.4 Å². The lowest BCUT2D eigenvalue weighted by Gasteiger charge is -2.29. The molecule has 0 bridgehead atoms. The van der Waals surface area contributed by atoms with E-state index in [0.717, 1.165) is 9.80 Å². The van der Waals surface area contributed by atoms with Gasteiger partial charge in [0.15, 0.2) is 11.5 Å². The van der Waals surface area contributed by atoms with Gasteiger partial charge in [0.05, 0.1) is 24.5 Å². The number of alkyl halides is 3. The highest BCUT2D eigenvalue weighted by Gasteiger charge is 2.40. The van der Waals surface area contributed by atoms with Crippen LogP contribution in [0.25, 0.3) is 0 Å². The number of ether oxygens (including phenoxy) is 2. The van der Waals surface area contributed by atoms with Gasteiger partial charge in [0.1, 0.15) is 13.2 Å². The van der Waals surface area contributed by atoms with Crippen LogP contribution in [0.3, 0.4) is 0 Å². The molecule has 0 aliphatic carbocycles. The Balaban J connectivity index is 1.64. The number of hydrogen-bond donors (Lipinski definition) is 0. The molecule has 0 fully saturated rings. The Kier molecular flexibility index (Phi) is 4.91. The van der Waals surface area contributed by atoms with Crippen molar-refractivity contribution in [3.8, 4) is 11.5 Å². The Morgan fingerprint density at radius 3 is 2.31 bits per heavy atom. The van der Waals surface area contributed by atoms with Crippen molar-refractivity contribution in [2.75, 3.05) is 31.3 Å². The summed E-state index contributed by atoms with van der Waals surface area (Å²) < 4.78 is 50.3. The fourth-order valence-corrected chi connectivity index (χ4v) is 3.42. The summed E-state index contributed by atoms with van der Waals surface area (Å²) in [6, 6.07) is 11.5. The molecule has 1 amide bonds. The van der Waals surface area contributed by atoms with Crippen molar-refractivity contribution in [3.05, 3.63) is 53.6 Å². The molecule has 9 heteroatoms. The van der Waals surface area contributed by atoms with Crippen molar-refractivity contribution in [1.82, 2.24) is 4.90 Å². The minimum Gasteiger partial charge on any atom is -0.486 e. The summed E-state index contributed by atoms with van der Waals surface area (Å²) in [4.78, 5) is 27.0. The summed E-state index contributed by atoms with van der Waals surface area (Å²) in [6.45, 7) is -1.01. The van der Waals surface area contributed by atoms with Crippen molar-refractivity contribution in [2.45, 2.75) is 12.7 Å². The van der Waals surface area contributed by atoms with Gasteiger partial charge in [-0.05, 0) is 11.6 Å². The Morgan fingerprint density at radius 1 is 1.00 bits per heavy atom. The zero-order valence-electron chi connectivity index (χ0n) is 15.2. The topological polar surface area (TPSA) is 59.1 Å². The first-order valence-corrected chi connectivity index (χ1v) is 8.95. The van der Waals surface area contributed by atoms with E-state index in [1.54, 1.807) is 30.3 Å². The number of carbonyl (C=O) groups excluding carboxylic acids is 2. The highest BCUT2D eigenvalue weighted by molar-refractivity contribution is 6.52. The molecule has 2 aliphatic rings. The third kappa shape index (κ3) is 4.04. The third-order valence-corrected chi connectivity index (χ3v) is 4.63. The number of carbonyl (C=O) groups is 2. The smallest absolute Gasteiger partial charge is 0.401 e. The summed E-state index contributed by atoms with van der Waals surface area (Å²) in [5, 5.41) is 0. The standard InChI is InChI=1S/C20H17F3N2O4/c21-20(22,23)11-24(10-13-4-2-1-3-5-13)12-25-15-9-17-16(28-6-7-29-17)8-14(15)18(26)19(25)27/h1-5,8-9H,6-7,10-12H2. The average Bonchev–Trinajstić information content (AvgIpc) is 2.90. The van der Waals surface area contributed by atoms with Gasteiger partial charge in [0.2, 0.25) is 0 Å². The number of benzene rings is 2. The monoisotopic (exact) mass is 406 g/mol. The number of fused-ring (bicyclic) bond motifs is 2. The lowest BCUT2D eigenvalue weighted by atomic mass is 10.1. The van der Waals surface area contributed by atoms with E-state index >= 15 is 0 Å². The Labute approximate surface area is 164 Å². The predicted molar refractivity (Wildman–Crippen MR) is 97.0 cm³/mol. The van der Waals surface area contributed by atoms with Crippen LogP contribution in [0.5, 0.6) is 11.5 Å². The molecule has 2 aliphatic heterocycles. The lowest BCUT2D eigenvalue weighted by molar-refractivity contribution is -0.147. The van der Waals surface area contributed by atoms with Gasteiger partial charge in [-0.15, -0.1) is 0 Å². The zero-order chi connectivity index (χ0) is 20.6. The lowest BCUT2D eigenvalue weighted by Crippen LogP contribution is -2.44. The van der Waals surface area contributed by atoms with Gasteiger partial charge >= 0.3 is 12.1 Å². The van der Waals surface area contributed by atoms with Crippen molar-refractivity contribution in [2.24, 2.45) is 0 Å². The first-order chi connectivity index (χ1) is 13.8. The fourth-order valence-electron chi connectivity index (χ4n) is 3.42. The van der Waals surface area contributed by atoms with Crippen LogP contribution in [0.4, 0.5) is 18.9 Å². The molecule has 2 heterocycles. The fraction of sp³-hybridized carbons (Fsp3) is 0.300. The van der Waals surface area contributed by atoms with Crippen LogP contribution < -0.4 is 14.4 Å². The minimum absolute atomic E-state index is 0.0296. The molecule has 0 N–H and O–H groups in total. The maximum atomic E-state index is 13.1. The van der Waals surface area contributed by atoms with Crippen LogP contribution in [-0.2, 0) is 11.3 Å². The van der Waals surface area contributed by atoms with E-state index < -0.39 is 24.4 Å². The first-order valence-electron chi connectivity index (χ1n) is 8.95. The highest BCUT2D eigenvalue weighted by Crippen LogP contribution is 2.40. The molecule has 29 heavy (non-hydrogen) atoms. The van der Waals surface area contributed by atoms with Gasteiger partial charge in [-0.25, -0.2) is 0 Å². The van der Waals surface area contributed by atoms with Crippen LogP contribution in [0.15, 0.2) is 42.5 Å². The Morgan fingerprint density at radius 2 is 1.66 bits per heavy atom. The maximum absolute atomic E-state index is 13.1. The van der Waals surface area contributed by atoms with Crippen molar-refractivity contribution in [3.63, 3.8) is 0 Å². The average molecular weight is 406 g/mol. The second kappa shape index (κ2) is 7.40. The Hall–Kier alpha value is -3.07. The predicted octanol–water partition coefficient (Wildman–Crippen LogP) is 3.01. The number of hydrogen-bond acceptors (Lipinski definition) is 5. The quantitative estimate of drug-likeness (QED) is 0.715. The van der Waals surface area contributed by atoms with E-state index in [1.807, 2.05) is 0 Å². The van der Waals surface area contributed by atoms with E-state index in [2.05, 4.69) is 0 Å². The van der Waals surface area contributed by atoms with Crippen molar-refractivity contribution in [1.29, 1.82) is 0 Å². The second-order valence-electron chi connectivity index (χ2n) is 6.80. The van der Waals surface area contributed by atoms with Crippen LogP contribution in [0.1, 0.15) is 15.9 Å². The maximum Gasteiger partial charge on any atom is 0.401 e. The normalized spacial score (nSPS) is 15.8. The number of halogens is 3. The number of nitrogens with zero attached hydrogens (tertiary/aromatic N) is 2. The molecule has 6 nitrogen and oxygen atoms in total. The summed E-state index contributed by atoms with van der Waals surface area (Å²) in [6.07, 6.45) is -4.46. The van der Waals surface area contributed by atoms with E-state index in [1.165, 1.54) is 12.1 Å². The molecule has 2 aromatic carbocycles. The molecule has 4 rings (SSSR count). The van der Waals surface area contributed by atoms with Crippen LogP contribution in [-0.4, -0.2) is 49.2 Å². The number of ketones is 1. The van der Waals surface area contributed by atoms with Crippen LogP contribution in [0, 0.1) is 0 Å². The molecule has 0 atom stereocenters. The summed E-state index contributed by atoms with van der Waals surface area (Å²) in [5.74, 6) is -0.950. The zero-order valence-corrected chi connectivity index (χ0v) is 15.2. The highest BCUT2D eigenvalue weighted by atomic mass is 19.4. The van der Waals surface area contributed by atoms with Gasteiger partial charge in [-0.2, -0.15) is 13.2 Å². The van der Waals surface area contributed by atoms with E-state index in [4.69, 9.17) is 9.47 Å². The molecule has 0 aromatic heterocycles. The molecule has 0 saturated heterocycles. The number of amides is 1. The van der Waals surface area contributed by atoms with E-state index in [-0.39, 0.29) is 24.5 Å². The summed E-state index contributed by atoms with van der Waals surface area (Å²) >= 11 is 0. The third-order valence-electron chi connectivity index (χ3n) is 4.63. The van der Waals surface area contributed by atoms with Crippen molar-refractivity contribution >= 4 is 17.4 Å². The SMILES string of the molecule is O=C1C(=O)N(CN(Cc2ccccc2)CC(F)(F)F)c2cc3c(cc21)OCCO3. The van der Waals surface area contributed by atoms with Gasteiger partial charge < -0.3 is 9.47 Å². The van der Waals surface area contributed by atoms with Gasteiger partial charge in [0, 0.05) is 12.6 Å².